The van der Waals surface area contributed by atoms with Crippen molar-refractivity contribution in [3.05, 3.63) is 78.0 Å². The van der Waals surface area contributed by atoms with E-state index in [4.69, 9.17) is 0 Å². The number of nitrogens with zero attached hydrogens (tertiary/aromatic N) is 3. The van der Waals surface area contributed by atoms with Crippen LogP contribution in [0.5, 0.6) is 0 Å². The van der Waals surface area contributed by atoms with Gasteiger partial charge in [-0.15, -0.1) is 0 Å². The van der Waals surface area contributed by atoms with Crippen molar-refractivity contribution >= 4 is 34.1 Å². The number of allylic oxidation sites excluding steroid dienone is 2. The number of carbonyl (C=O) groups is 2. The molecule has 6 rings (SSSR count). The minimum absolute atomic E-state index is 0.0228. The zero-order valence-electron chi connectivity index (χ0n) is 21.7. The Labute approximate surface area is 222 Å². The van der Waals surface area contributed by atoms with Gasteiger partial charge >= 0.3 is 0 Å². The number of aliphatic hydroxyl groups is 1. The van der Waals surface area contributed by atoms with Crippen molar-refractivity contribution in [1.82, 2.24) is 15.2 Å². The van der Waals surface area contributed by atoms with Gasteiger partial charge in [-0.1, -0.05) is 24.3 Å². The van der Waals surface area contributed by atoms with E-state index in [-0.39, 0.29) is 35.5 Å². The van der Waals surface area contributed by atoms with Crippen LogP contribution in [0.1, 0.15) is 22.3 Å². The number of benzene rings is 2. The molecule has 1 saturated heterocycles. The summed E-state index contributed by atoms with van der Waals surface area (Å²) in [5.74, 6) is 0.0222. The molecule has 5 unspecified atom stereocenters. The Bertz CT molecular complexity index is 1400. The van der Waals surface area contributed by atoms with Gasteiger partial charge in [-0.05, 0) is 74.3 Å². The van der Waals surface area contributed by atoms with Crippen LogP contribution >= 0.6 is 0 Å². The second-order valence-corrected chi connectivity index (χ2v) is 10.8. The number of hydrogen-bond acceptors (Lipinski definition) is 6. The lowest BCUT2D eigenvalue weighted by Gasteiger charge is -2.25. The second kappa shape index (κ2) is 9.94. The number of carbonyl (C=O) groups excluding carboxylic acids is 2. The van der Waals surface area contributed by atoms with E-state index in [1.54, 1.807) is 30.5 Å². The molecule has 3 N–H and O–H groups in total. The molecule has 2 aliphatic carbocycles. The third-order valence-electron chi connectivity index (χ3n) is 8.22. The predicted octanol–water partition coefficient (Wildman–Crippen LogP) is 3.24. The smallest absolute Gasteiger partial charge is 0.255 e. The number of anilines is 2. The Hall–Kier alpha value is -3.59. The van der Waals surface area contributed by atoms with Crippen LogP contribution in [0.3, 0.4) is 0 Å². The molecule has 2 heterocycles. The molecule has 38 heavy (non-hydrogen) atoms. The topological polar surface area (TPSA) is 97.8 Å². The first-order chi connectivity index (χ1) is 18.4. The average molecular weight is 512 g/mol. The van der Waals surface area contributed by atoms with Crippen molar-refractivity contribution in [2.24, 2.45) is 23.7 Å². The molecule has 8 heteroatoms. The molecule has 2 amide bonds. The van der Waals surface area contributed by atoms with E-state index in [1.807, 2.05) is 38.4 Å². The van der Waals surface area contributed by atoms with Crippen LogP contribution in [0.2, 0.25) is 0 Å². The summed E-state index contributed by atoms with van der Waals surface area (Å²) in [5.41, 5.74) is 3.59. The molecule has 2 aromatic carbocycles. The number of nitrogens with one attached hydrogen (secondary N) is 2. The first-order valence-electron chi connectivity index (χ1n) is 13.3. The second-order valence-electron chi connectivity index (χ2n) is 10.8. The highest BCUT2D eigenvalue weighted by Crippen LogP contribution is 2.54. The molecule has 0 radical (unpaired) electrons. The largest absolute Gasteiger partial charge is 0.373 e. The predicted molar refractivity (Wildman–Crippen MR) is 148 cm³/mol. The molecule has 8 nitrogen and oxygen atoms in total. The van der Waals surface area contributed by atoms with Crippen molar-refractivity contribution in [2.45, 2.75) is 19.2 Å². The minimum atomic E-state index is -0.833. The first kappa shape index (κ1) is 24.7. The monoisotopic (exact) mass is 511 g/mol. The van der Waals surface area contributed by atoms with E-state index in [0.29, 0.717) is 23.5 Å². The van der Waals surface area contributed by atoms with Gasteiger partial charge in [0.25, 0.3) is 5.91 Å². The van der Waals surface area contributed by atoms with Gasteiger partial charge in [0, 0.05) is 48.4 Å². The number of aliphatic hydroxyl groups excluding tert-OH is 1. The van der Waals surface area contributed by atoms with Gasteiger partial charge in [0.05, 0.1) is 17.1 Å². The van der Waals surface area contributed by atoms with Crippen molar-refractivity contribution in [3.8, 4) is 0 Å². The summed E-state index contributed by atoms with van der Waals surface area (Å²) in [6.45, 7) is 2.54. The molecular weight excluding hydrogens is 478 g/mol. The standard InChI is InChI=1S/C30H33N5O3/c1-34(2)15-14-31-17-21-12-13-32-27-23(21)4-3-5-24(27)33-28(36)18-8-10-22(11-9-18)35-29(37)25-19-6-7-20(16-19)26(25)30(35)38/h3-13,19-20,25-26,29,31,37H,14-17H2,1-2H3,(H,33,36). The highest BCUT2D eigenvalue weighted by molar-refractivity contribution is 6.09. The maximum absolute atomic E-state index is 13.2. The summed E-state index contributed by atoms with van der Waals surface area (Å²) >= 11 is 0. The summed E-state index contributed by atoms with van der Waals surface area (Å²) in [4.78, 5) is 34.5. The van der Waals surface area contributed by atoms with E-state index in [0.717, 1.165) is 36.0 Å². The van der Waals surface area contributed by atoms with Crippen LogP contribution in [0.4, 0.5) is 11.4 Å². The van der Waals surface area contributed by atoms with E-state index in [2.05, 4.69) is 32.7 Å². The van der Waals surface area contributed by atoms with Crippen LogP contribution in [0.15, 0.2) is 66.9 Å². The summed E-state index contributed by atoms with van der Waals surface area (Å²) in [6.07, 6.45) is 6.17. The van der Waals surface area contributed by atoms with Crippen molar-refractivity contribution in [2.75, 3.05) is 37.4 Å². The van der Waals surface area contributed by atoms with Crippen LogP contribution in [-0.2, 0) is 11.3 Å². The third-order valence-corrected chi connectivity index (χ3v) is 8.22. The van der Waals surface area contributed by atoms with Crippen LogP contribution in [0, 0.1) is 23.7 Å². The summed E-state index contributed by atoms with van der Waals surface area (Å²) in [5, 5.41) is 18.4. The molecule has 3 aliphatic rings. The van der Waals surface area contributed by atoms with Gasteiger partial charge in [0.1, 0.15) is 6.23 Å². The normalized spacial score (nSPS) is 25.5. The molecule has 1 aromatic heterocycles. The molecule has 2 fully saturated rings. The highest BCUT2D eigenvalue weighted by atomic mass is 16.3. The van der Waals surface area contributed by atoms with Crippen molar-refractivity contribution < 1.29 is 14.7 Å². The van der Waals surface area contributed by atoms with E-state index in [9.17, 15) is 14.7 Å². The average Bonchev–Trinajstić information content (AvgIpc) is 3.60. The summed E-state index contributed by atoms with van der Waals surface area (Å²) in [7, 11) is 4.10. The Morgan fingerprint density at radius 1 is 1.11 bits per heavy atom. The fraction of sp³-hybridized carbons (Fsp3) is 0.367. The van der Waals surface area contributed by atoms with E-state index >= 15 is 0 Å². The van der Waals surface area contributed by atoms with E-state index < -0.39 is 6.23 Å². The Morgan fingerprint density at radius 3 is 2.66 bits per heavy atom. The number of para-hydroxylation sites is 1. The number of pyridine rings is 1. The van der Waals surface area contributed by atoms with Crippen molar-refractivity contribution in [1.29, 1.82) is 0 Å². The highest BCUT2D eigenvalue weighted by Gasteiger charge is 2.59. The minimum Gasteiger partial charge on any atom is -0.373 e. The number of likely N-dealkylation sites (N-methyl/N-ethyl adjacent to an activating group) is 1. The summed E-state index contributed by atoms with van der Waals surface area (Å²) in [6, 6.07) is 14.7. The zero-order valence-corrected chi connectivity index (χ0v) is 21.7. The molecule has 3 aromatic rings. The number of aromatic nitrogens is 1. The Balaban J connectivity index is 1.16. The molecule has 196 valence electrons. The van der Waals surface area contributed by atoms with Crippen LogP contribution in [0.25, 0.3) is 10.9 Å². The van der Waals surface area contributed by atoms with Gasteiger partial charge in [-0.3, -0.25) is 19.5 Å². The number of rotatable bonds is 8. The van der Waals surface area contributed by atoms with Gasteiger partial charge in [-0.25, -0.2) is 0 Å². The van der Waals surface area contributed by atoms with Gasteiger partial charge in [0.15, 0.2) is 0 Å². The molecule has 1 saturated carbocycles. The van der Waals surface area contributed by atoms with Gasteiger partial charge in [0.2, 0.25) is 5.91 Å². The molecule has 0 spiro atoms. The number of hydrogen-bond donors (Lipinski definition) is 3. The maximum atomic E-state index is 13.2. The Kier molecular flexibility index (Phi) is 6.47. The summed E-state index contributed by atoms with van der Waals surface area (Å²) < 4.78 is 0. The maximum Gasteiger partial charge on any atom is 0.255 e. The first-order valence-corrected chi connectivity index (χ1v) is 13.3. The third kappa shape index (κ3) is 4.28. The SMILES string of the molecule is CN(C)CCNCc1ccnc2c(NC(=O)c3ccc(N4C(=O)C5C6C=CC(C6)C5C4O)cc3)cccc12. The van der Waals surface area contributed by atoms with E-state index in [1.165, 1.54) is 4.90 Å². The number of amides is 2. The van der Waals surface area contributed by atoms with Crippen LogP contribution in [-0.4, -0.2) is 60.2 Å². The lowest BCUT2D eigenvalue weighted by Crippen LogP contribution is -2.36. The molecule has 5 atom stereocenters. The lowest BCUT2D eigenvalue weighted by atomic mass is 9.85. The zero-order chi connectivity index (χ0) is 26.4. The van der Waals surface area contributed by atoms with Gasteiger partial charge < -0.3 is 20.6 Å². The lowest BCUT2D eigenvalue weighted by molar-refractivity contribution is -0.121. The molecule has 2 bridgehead atoms. The Morgan fingerprint density at radius 2 is 1.89 bits per heavy atom. The quantitative estimate of drug-likeness (QED) is 0.317. The fourth-order valence-electron chi connectivity index (χ4n) is 6.34. The van der Waals surface area contributed by atoms with Crippen molar-refractivity contribution in [3.63, 3.8) is 0 Å². The van der Waals surface area contributed by atoms with Gasteiger partial charge in [-0.2, -0.15) is 0 Å². The molecule has 1 aliphatic heterocycles. The fourth-order valence-corrected chi connectivity index (χ4v) is 6.34. The number of fused-ring (bicyclic) bond motifs is 6. The van der Waals surface area contributed by atoms with Crippen LogP contribution < -0.4 is 15.5 Å². The molecular formula is C30H33N5O3.